The molecule has 154 valence electrons. The summed E-state index contributed by atoms with van der Waals surface area (Å²) in [5, 5.41) is 14.1. The number of pyridine rings is 1. The van der Waals surface area contributed by atoms with Crippen LogP contribution >= 0.6 is 0 Å². The van der Waals surface area contributed by atoms with Crippen molar-refractivity contribution in [3.63, 3.8) is 0 Å². The van der Waals surface area contributed by atoms with Gasteiger partial charge in [0.25, 0.3) is 0 Å². The highest BCUT2D eigenvalue weighted by molar-refractivity contribution is 5.68. The fourth-order valence-electron chi connectivity index (χ4n) is 3.81. The summed E-state index contributed by atoms with van der Waals surface area (Å²) in [5.41, 5.74) is 4.06. The quantitative estimate of drug-likeness (QED) is 0.448. The van der Waals surface area contributed by atoms with E-state index >= 15 is 0 Å². The van der Waals surface area contributed by atoms with Crippen molar-refractivity contribution in [1.29, 1.82) is 5.26 Å². The van der Waals surface area contributed by atoms with Gasteiger partial charge in [-0.25, -0.2) is 9.50 Å². The average molecular weight is 410 g/mol. The summed E-state index contributed by atoms with van der Waals surface area (Å²) in [6, 6.07) is 23.7. The number of fused-ring (bicyclic) bond motifs is 1. The molecule has 0 radical (unpaired) electrons. The van der Waals surface area contributed by atoms with Crippen LogP contribution in [0, 0.1) is 11.3 Å². The third-order valence-corrected chi connectivity index (χ3v) is 5.77. The Labute approximate surface area is 180 Å². The molecule has 0 saturated heterocycles. The Morgan fingerprint density at radius 1 is 1.06 bits per heavy atom. The Kier molecular flexibility index (Phi) is 4.89. The third-order valence-electron chi connectivity index (χ3n) is 5.77. The molecule has 2 heterocycles. The van der Waals surface area contributed by atoms with Crippen molar-refractivity contribution >= 4 is 5.65 Å². The van der Waals surface area contributed by atoms with E-state index < -0.39 is 0 Å². The zero-order chi connectivity index (χ0) is 21.3. The van der Waals surface area contributed by atoms with Crippen molar-refractivity contribution in [2.75, 3.05) is 13.7 Å². The molecule has 1 saturated carbocycles. The van der Waals surface area contributed by atoms with E-state index in [9.17, 15) is 5.26 Å². The van der Waals surface area contributed by atoms with Crippen LogP contribution in [0.4, 0.5) is 0 Å². The normalized spacial score (nSPS) is 14.3. The van der Waals surface area contributed by atoms with Gasteiger partial charge in [-0.1, -0.05) is 42.5 Å². The highest BCUT2D eigenvalue weighted by Gasteiger charge is 2.48. The first-order chi connectivity index (χ1) is 15.2. The minimum Gasteiger partial charge on any atom is -0.493 e. The van der Waals surface area contributed by atoms with Crippen LogP contribution in [0.2, 0.25) is 0 Å². The van der Waals surface area contributed by atoms with Crippen LogP contribution in [-0.2, 0) is 16.8 Å². The van der Waals surface area contributed by atoms with Gasteiger partial charge in [-0.2, -0.15) is 5.26 Å². The van der Waals surface area contributed by atoms with E-state index in [1.54, 1.807) is 13.2 Å². The molecule has 0 aliphatic heterocycles. The Hall–Kier alpha value is -3.69. The monoisotopic (exact) mass is 410 g/mol. The molecular weight excluding hydrogens is 388 g/mol. The van der Waals surface area contributed by atoms with Gasteiger partial charge in [0.05, 0.1) is 43.1 Å². The summed E-state index contributed by atoms with van der Waals surface area (Å²) in [5.74, 6) is 1.45. The molecule has 6 nitrogen and oxygen atoms in total. The summed E-state index contributed by atoms with van der Waals surface area (Å²) >= 11 is 0. The second-order valence-corrected chi connectivity index (χ2v) is 7.91. The summed E-state index contributed by atoms with van der Waals surface area (Å²) in [4.78, 5) is 4.85. The predicted molar refractivity (Wildman–Crippen MR) is 117 cm³/mol. The fourth-order valence-corrected chi connectivity index (χ4v) is 3.81. The van der Waals surface area contributed by atoms with E-state index in [-0.39, 0.29) is 5.41 Å². The van der Waals surface area contributed by atoms with Gasteiger partial charge in [0.2, 0.25) is 0 Å². The number of methoxy groups -OCH3 is 1. The maximum atomic E-state index is 9.27. The number of hydrogen-bond acceptors (Lipinski definition) is 5. The maximum Gasteiger partial charge on any atom is 0.198 e. The molecule has 2 aromatic carbocycles. The summed E-state index contributed by atoms with van der Waals surface area (Å²) < 4.78 is 13.4. The minimum atomic E-state index is -0.155. The van der Waals surface area contributed by atoms with E-state index in [1.165, 1.54) is 0 Å². The minimum absolute atomic E-state index is 0.155. The van der Waals surface area contributed by atoms with Crippen molar-refractivity contribution in [1.82, 2.24) is 14.6 Å². The van der Waals surface area contributed by atoms with Gasteiger partial charge in [-0.05, 0) is 42.7 Å². The topological polar surface area (TPSA) is 72.4 Å². The molecule has 5 rings (SSSR count). The highest BCUT2D eigenvalue weighted by atomic mass is 16.5. The molecule has 1 aliphatic rings. The second kappa shape index (κ2) is 7.86. The Balaban J connectivity index is 1.48. The molecule has 31 heavy (non-hydrogen) atoms. The molecule has 2 aromatic heterocycles. The molecule has 0 unspecified atom stereocenters. The predicted octanol–water partition coefficient (Wildman–Crippen LogP) is 4.52. The van der Waals surface area contributed by atoms with Crippen LogP contribution < -0.4 is 4.74 Å². The van der Waals surface area contributed by atoms with Gasteiger partial charge < -0.3 is 9.47 Å². The molecule has 0 bridgehead atoms. The molecule has 6 heteroatoms. The molecule has 1 fully saturated rings. The van der Waals surface area contributed by atoms with Gasteiger partial charge in [0.1, 0.15) is 0 Å². The average Bonchev–Trinajstić information content (AvgIpc) is 3.47. The van der Waals surface area contributed by atoms with Gasteiger partial charge in [-0.3, -0.25) is 0 Å². The number of aromatic nitrogens is 3. The second-order valence-electron chi connectivity index (χ2n) is 7.91. The summed E-state index contributed by atoms with van der Waals surface area (Å²) in [6.45, 7) is 1.16. The standard InChI is InChI=1S/C25H22N4O2/c1-30-22-11-10-21(20-9-5-8-19(14-20)15-26)29-23(22)27-24(28-29)25(12-13-25)17-31-16-18-6-3-2-4-7-18/h2-11,14H,12-13,16-17H2,1H3. The zero-order valence-electron chi connectivity index (χ0n) is 17.3. The lowest BCUT2D eigenvalue weighted by Crippen LogP contribution is -2.17. The van der Waals surface area contributed by atoms with E-state index in [1.807, 2.05) is 53.0 Å². The van der Waals surface area contributed by atoms with Gasteiger partial charge in [0, 0.05) is 5.56 Å². The number of ether oxygens (including phenoxy) is 2. The molecule has 0 spiro atoms. The number of hydrogen-bond donors (Lipinski definition) is 0. The van der Waals surface area contributed by atoms with Crippen molar-refractivity contribution in [3.05, 3.63) is 83.7 Å². The lowest BCUT2D eigenvalue weighted by Gasteiger charge is -2.11. The number of benzene rings is 2. The molecule has 1 aliphatic carbocycles. The Morgan fingerprint density at radius 3 is 2.65 bits per heavy atom. The van der Waals surface area contributed by atoms with Crippen molar-refractivity contribution in [3.8, 4) is 23.1 Å². The van der Waals surface area contributed by atoms with Crippen LogP contribution in [0.25, 0.3) is 16.9 Å². The molecule has 0 N–H and O–H groups in total. The van der Waals surface area contributed by atoms with E-state index in [4.69, 9.17) is 19.6 Å². The van der Waals surface area contributed by atoms with Crippen molar-refractivity contribution in [2.45, 2.75) is 24.9 Å². The largest absolute Gasteiger partial charge is 0.493 e. The molecule has 0 atom stereocenters. The van der Waals surface area contributed by atoms with Crippen LogP contribution in [0.5, 0.6) is 5.75 Å². The lowest BCUT2D eigenvalue weighted by atomic mass is 10.1. The first kappa shape index (κ1) is 19.3. The van der Waals surface area contributed by atoms with Crippen molar-refractivity contribution in [2.24, 2.45) is 0 Å². The van der Waals surface area contributed by atoms with Crippen LogP contribution in [0.3, 0.4) is 0 Å². The number of nitrogens with zero attached hydrogens (tertiary/aromatic N) is 4. The highest BCUT2D eigenvalue weighted by Crippen LogP contribution is 2.47. The third kappa shape index (κ3) is 3.65. The molecule has 0 amide bonds. The Morgan fingerprint density at radius 2 is 1.90 bits per heavy atom. The van der Waals surface area contributed by atoms with Crippen molar-refractivity contribution < 1.29 is 9.47 Å². The lowest BCUT2D eigenvalue weighted by molar-refractivity contribution is 0.0983. The van der Waals surface area contributed by atoms with E-state index in [2.05, 4.69) is 18.2 Å². The first-order valence-corrected chi connectivity index (χ1v) is 10.3. The number of nitriles is 1. The van der Waals surface area contributed by atoms with E-state index in [0.29, 0.717) is 30.2 Å². The summed E-state index contributed by atoms with van der Waals surface area (Å²) in [7, 11) is 1.63. The summed E-state index contributed by atoms with van der Waals surface area (Å²) in [6.07, 6.45) is 2.00. The molecular formula is C25H22N4O2. The van der Waals surface area contributed by atoms with Crippen LogP contribution in [0.1, 0.15) is 29.8 Å². The number of rotatable bonds is 7. The van der Waals surface area contributed by atoms with Gasteiger partial charge >= 0.3 is 0 Å². The maximum absolute atomic E-state index is 9.27. The van der Waals surface area contributed by atoms with Gasteiger partial charge in [0.15, 0.2) is 17.2 Å². The van der Waals surface area contributed by atoms with Crippen LogP contribution in [-0.4, -0.2) is 28.3 Å². The zero-order valence-corrected chi connectivity index (χ0v) is 17.3. The Bertz CT molecular complexity index is 1270. The smallest absolute Gasteiger partial charge is 0.198 e. The SMILES string of the molecule is COc1ccc(-c2cccc(C#N)c2)n2nc(C3(COCc4ccccc4)CC3)nc12. The van der Waals surface area contributed by atoms with E-state index in [0.717, 1.165) is 35.5 Å². The molecule has 4 aromatic rings. The first-order valence-electron chi connectivity index (χ1n) is 10.3. The van der Waals surface area contributed by atoms with Gasteiger partial charge in [-0.15, -0.1) is 5.10 Å². The fraction of sp³-hybridized carbons (Fsp3) is 0.240. The van der Waals surface area contributed by atoms with Crippen LogP contribution in [0.15, 0.2) is 66.7 Å².